The van der Waals surface area contributed by atoms with Crippen molar-refractivity contribution in [2.24, 2.45) is 0 Å². The molecule has 3 nitrogen and oxygen atoms in total. The van der Waals surface area contributed by atoms with Crippen LogP contribution in [0.15, 0.2) is 5.38 Å². The number of thiophene rings is 1. The molecule has 1 N–H and O–H groups in total. The van der Waals surface area contributed by atoms with Crippen LogP contribution >= 0.6 is 34.3 Å². The van der Waals surface area contributed by atoms with Crippen molar-refractivity contribution in [3.8, 4) is 9.88 Å². The number of aromatic nitrogens is 2. The largest absolute Gasteiger partial charge is 0.308 e. The highest BCUT2D eigenvalue weighted by molar-refractivity contribution is 7.21. The molecule has 17 heavy (non-hydrogen) atoms. The van der Waals surface area contributed by atoms with Gasteiger partial charge in [0.2, 0.25) is 0 Å². The molecule has 2 aromatic heterocycles. The summed E-state index contributed by atoms with van der Waals surface area (Å²) in [4.78, 5) is 1.03. The highest BCUT2D eigenvalue weighted by Gasteiger charge is 2.13. The molecule has 6 heteroatoms. The molecular formula is C11H14ClN3S2. The second kappa shape index (κ2) is 5.44. The van der Waals surface area contributed by atoms with E-state index in [-0.39, 0.29) is 0 Å². The summed E-state index contributed by atoms with van der Waals surface area (Å²) < 4.78 is 0. The van der Waals surface area contributed by atoms with Crippen LogP contribution in [0.2, 0.25) is 5.02 Å². The molecule has 2 rings (SSSR count). The fourth-order valence-corrected chi connectivity index (χ4v) is 3.51. The predicted octanol–water partition coefficient (Wildman–Crippen LogP) is 3.73. The van der Waals surface area contributed by atoms with E-state index in [0.29, 0.717) is 6.04 Å². The second-order valence-corrected chi connectivity index (χ2v) is 6.42. The molecule has 0 aliphatic carbocycles. The van der Waals surface area contributed by atoms with Gasteiger partial charge in [-0.2, -0.15) is 0 Å². The number of rotatable bonds is 4. The van der Waals surface area contributed by atoms with E-state index in [9.17, 15) is 0 Å². The normalized spacial score (nSPS) is 11.4. The minimum atomic E-state index is 0.454. The summed E-state index contributed by atoms with van der Waals surface area (Å²) in [6.07, 6.45) is 0. The molecule has 2 aromatic rings. The number of hydrogen-bond acceptors (Lipinski definition) is 5. The third-order valence-corrected chi connectivity index (χ3v) is 5.00. The summed E-state index contributed by atoms with van der Waals surface area (Å²) >= 11 is 9.43. The Morgan fingerprint density at radius 3 is 2.76 bits per heavy atom. The molecule has 0 radical (unpaired) electrons. The lowest BCUT2D eigenvalue weighted by Crippen LogP contribution is -2.21. The van der Waals surface area contributed by atoms with Crippen LogP contribution < -0.4 is 5.32 Å². The third-order valence-electron chi connectivity index (χ3n) is 2.22. The van der Waals surface area contributed by atoms with Crippen molar-refractivity contribution in [2.75, 3.05) is 0 Å². The smallest absolute Gasteiger partial charge is 0.159 e. The molecule has 0 saturated heterocycles. The van der Waals surface area contributed by atoms with E-state index in [2.05, 4.69) is 29.4 Å². The number of nitrogens with one attached hydrogen (secondary N) is 1. The van der Waals surface area contributed by atoms with Gasteiger partial charge in [0.05, 0.1) is 9.90 Å². The van der Waals surface area contributed by atoms with Gasteiger partial charge in [0.1, 0.15) is 5.01 Å². The average molecular weight is 288 g/mol. The minimum Gasteiger partial charge on any atom is -0.308 e. The Kier molecular flexibility index (Phi) is 4.14. The molecule has 2 heterocycles. The summed E-state index contributed by atoms with van der Waals surface area (Å²) in [5.41, 5.74) is 1.10. The topological polar surface area (TPSA) is 37.8 Å². The maximum Gasteiger partial charge on any atom is 0.159 e. The summed E-state index contributed by atoms with van der Waals surface area (Å²) in [6, 6.07) is 0.454. The maximum atomic E-state index is 6.21. The van der Waals surface area contributed by atoms with Gasteiger partial charge in [-0.25, -0.2) is 0 Å². The van der Waals surface area contributed by atoms with Gasteiger partial charge in [-0.1, -0.05) is 36.8 Å². The fourth-order valence-electron chi connectivity index (χ4n) is 1.28. The lowest BCUT2D eigenvalue weighted by Gasteiger charge is -2.03. The van der Waals surface area contributed by atoms with Crippen molar-refractivity contribution in [1.29, 1.82) is 0 Å². The first-order valence-corrected chi connectivity index (χ1v) is 7.45. The van der Waals surface area contributed by atoms with Gasteiger partial charge in [-0.3, -0.25) is 0 Å². The zero-order valence-electron chi connectivity index (χ0n) is 9.95. The Hall–Kier alpha value is -0.490. The van der Waals surface area contributed by atoms with Gasteiger partial charge in [-0.05, 0) is 17.9 Å². The zero-order chi connectivity index (χ0) is 12.4. The van der Waals surface area contributed by atoms with E-state index < -0.39 is 0 Å². The fraction of sp³-hybridized carbons (Fsp3) is 0.455. The van der Waals surface area contributed by atoms with Crippen LogP contribution in [0.4, 0.5) is 0 Å². The van der Waals surface area contributed by atoms with Crippen molar-refractivity contribution in [3.05, 3.63) is 21.0 Å². The van der Waals surface area contributed by atoms with E-state index >= 15 is 0 Å². The van der Waals surface area contributed by atoms with Crippen LogP contribution in [0.25, 0.3) is 9.88 Å². The van der Waals surface area contributed by atoms with Crippen molar-refractivity contribution in [2.45, 2.75) is 33.4 Å². The summed E-state index contributed by atoms with van der Waals surface area (Å²) in [7, 11) is 0. The monoisotopic (exact) mass is 287 g/mol. The molecule has 0 saturated carbocycles. The summed E-state index contributed by atoms with van der Waals surface area (Å²) in [5, 5.41) is 16.4. The molecule has 0 amide bonds. The van der Waals surface area contributed by atoms with Gasteiger partial charge in [0.25, 0.3) is 0 Å². The van der Waals surface area contributed by atoms with Crippen LogP contribution in [-0.4, -0.2) is 16.2 Å². The van der Waals surface area contributed by atoms with Gasteiger partial charge >= 0.3 is 0 Å². The number of hydrogen-bond donors (Lipinski definition) is 1. The lowest BCUT2D eigenvalue weighted by molar-refractivity contribution is 0.585. The number of aryl methyl sites for hydroxylation is 1. The first-order valence-electron chi connectivity index (χ1n) is 5.37. The van der Waals surface area contributed by atoms with Crippen molar-refractivity contribution in [1.82, 2.24) is 15.5 Å². The highest BCUT2D eigenvalue weighted by Crippen LogP contribution is 2.37. The van der Waals surface area contributed by atoms with Gasteiger partial charge in [-0.15, -0.1) is 21.5 Å². The van der Waals surface area contributed by atoms with Crippen LogP contribution in [-0.2, 0) is 6.54 Å². The lowest BCUT2D eigenvalue weighted by atomic mass is 10.3. The van der Waals surface area contributed by atoms with E-state index in [1.165, 1.54) is 0 Å². The van der Waals surface area contributed by atoms with Crippen LogP contribution in [0.1, 0.15) is 24.4 Å². The molecule has 0 spiro atoms. The van der Waals surface area contributed by atoms with Gasteiger partial charge < -0.3 is 5.32 Å². The van der Waals surface area contributed by atoms with E-state index in [1.54, 1.807) is 22.7 Å². The highest BCUT2D eigenvalue weighted by atomic mass is 35.5. The Balaban J connectivity index is 2.15. The van der Waals surface area contributed by atoms with Crippen LogP contribution in [0, 0.1) is 6.92 Å². The molecule has 0 aliphatic rings. The van der Waals surface area contributed by atoms with Crippen molar-refractivity contribution < 1.29 is 0 Å². The van der Waals surface area contributed by atoms with E-state index in [1.807, 2.05) is 12.3 Å². The molecule has 0 atom stereocenters. The molecule has 0 aromatic carbocycles. The van der Waals surface area contributed by atoms with Crippen molar-refractivity contribution >= 4 is 34.3 Å². The van der Waals surface area contributed by atoms with Gasteiger partial charge in [0, 0.05) is 12.6 Å². The quantitative estimate of drug-likeness (QED) is 0.931. The Morgan fingerprint density at radius 2 is 2.18 bits per heavy atom. The molecule has 0 bridgehead atoms. The minimum absolute atomic E-state index is 0.454. The third kappa shape index (κ3) is 3.04. The Morgan fingerprint density at radius 1 is 1.41 bits per heavy atom. The average Bonchev–Trinajstić information content (AvgIpc) is 2.85. The van der Waals surface area contributed by atoms with Crippen LogP contribution in [0.3, 0.4) is 0 Å². The number of halogens is 1. The Labute approximate surface area is 114 Å². The Bertz CT molecular complexity index is 505. The standard InChI is InChI=1S/C11H14ClN3S2/c1-6(2)13-4-8-14-15-11(17-8)10-9(12)7(3)5-16-10/h5-6,13H,4H2,1-3H3. The SMILES string of the molecule is Cc1csc(-c2nnc(CNC(C)C)s2)c1Cl. The summed E-state index contributed by atoms with van der Waals surface area (Å²) in [6.45, 7) is 6.99. The first-order chi connectivity index (χ1) is 8.08. The molecule has 92 valence electrons. The van der Waals surface area contributed by atoms with Crippen LogP contribution in [0.5, 0.6) is 0 Å². The summed E-state index contributed by atoms with van der Waals surface area (Å²) in [5.74, 6) is 0. The molecule has 0 unspecified atom stereocenters. The zero-order valence-corrected chi connectivity index (χ0v) is 12.3. The molecule has 0 aliphatic heterocycles. The van der Waals surface area contributed by atoms with Crippen molar-refractivity contribution in [3.63, 3.8) is 0 Å². The van der Waals surface area contributed by atoms with E-state index in [4.69, 9.17) is 11.6 Å². The van der Waals surface area contributed by atoms with E-state index in [0.717, 1.165) is 32.0 Å². The van der Waals surface area contributed by atoms with Gasteiger partial charge in [0.15, 0.2) is 5.01 Å². The predicted molar refractivity (Wildman–Crippen MR) is 74.9 cm³/mol. The number of nitrogens with zero attached hydrogens (tertiary/aromatic N) is 2. The molecule has 0 fully saturated rings. The second-order valence-electron chi connectivity index (χ2n) is 4.10. The molecular weight excluding hydrogens is 274 g/mol. The first kappa shape index (κ1) is 13.0. The maximum absolute atomic E-state index is 6.21.